The number of likely N-dealkylation sites (N-methyl/N-ethyl adjacent to an activating group) is 1. The maximum absolute atomic E-state index is 3.83. The van der Waals surface area contributed by atoms with Crippen LogP contribution in [-0.4, -0.2) is 18.5 Å². The highest BCUT2D eigenvalue weighted by atomic mass is 15.1. The minimum atomic E-state index is 1.16. The molecule has 1 nitrogen and oxygen atoms in total. The average Bonchev–Trinajstić information content (AvgIpc) is 2.46. The fourth-order valence-electron chi connectivity index (χ4n) is 1.66. The summed E-state index contributed by atoms with van der Waals surface area (Å²) in [7, 11) is 2.12. The van der Waals surface area contributed by atoms with Gasteiger partial charge in [0.25, 0.3) is 0 Å². The zero-order chi connectivity index (χ0) is 15.0. The molecule has 1 heteroatoms. The SMILES string of the molecule is C=CC1=C(/C=C\C)CCCN1C.CC.CC.CC. The Labute approximate surface area is 116 Å². The first-order valence-electron chi connectivity index (χ1n) is 7.49. The molecule has 18 heavy (non-hydrogen) atoms. The lowest BCUT2D eigenvalue weighted by Gasteiger charge is -2.27. The number of hydrogen-bond donors (Lipinski definition) is 0. The van der Waals surface area contributed by atoms with E-state index in [1.807, 2.05) is 47.6 Å². The maximum Gasteiger partial charge on any atom is 0.0390 e. The van der Waals surface area contributed by atoms with Crippen molar-refractivity contribution in [3.8, 4) is 0 Å². The van der Waals surface area contributed by atoms with Gasteiger partial charge in [-0.25, -0.2) is 0 Å². The Morgan fingerprint density at radius 1 is 1.06 bits per heavy atom. The summed E-state index contributed by atoms with van der Waals surface area (Å²) in [6, 6.07) is 0. The van der Waals surface area contributed by atoms with Gasteiger partial charge in [0, 0.05) is 19.3 Å². The van der Waals surface area contributed by atoms with Crippen LogP contribution in [0.15, 0.2) is 36.1 Å². The molecule has 0 atom stereocenters. The Kier molecular flexibility index (Phi) is 22.7. The highest BCUT2D eigenvalue weighted by Gasteiger charge is 2.11. The Hall–Kier alpha value is -0.980. The Balaban J connectivity index is -0.000000328. The molecule has 0 N–H and O–H groups in total. The van der Waals surface area contributed by atoms with Crippen LogP contribution in [0.2, 0.25) is 0 Å². The van der Waals surface area contributed by atoms with E-state index in [2.05, 4.69) is 37.6 Å². The van der Waals surface area contributed by atoms with E-state index in [0.717, 1.165) is 6.54 Å². The molecule has 0 aromatic carbocycles. The van der Waals surface area contributed by atoms with Crippen LogP contribution in [0.4, 0.5) is 0 Å². The molecule has 1 aliphatic heterocycles. The summed E-state index contributed by atoms with van der Waals surface area (Å²) in [4.78, 5) is 2.27. The standard InChI is InChI=1S/C11H17N.3C2H6/c1-4-7-10-8-6-9-12(3)11(10)5-2;3*1-2/h4-5,7H,2,6,8-9H2,1,3H3;3*1-2H3/b7-4-;;;. The normalized spacial score (nSPS) is 13.7. The van der Waals surface area contributed by atoms with Crippen molar-refractivity contribution < 1.29 is 0 Å². The van der Waals surface area contributed by atoms with Crippen LogP contribution in [0.1, 0.15) is 61.3 Å². The lowest BCUT2D eigenvalue weighted by Crippen LogP contribution is -2.23. The van der Waals surface area contributed by atoms with Crippen LogP contribution in [0.5, 0.6) is 0 Å². The quantitative estimate of drug-likeness (QED) is 0.600. The van der Waals surface area contributed by atoms with Crippen LogP contribution >= 0.6 is 0 Å². The van der Waals surface area contributed by atoms with Crippen molar-refractivity contribution in [3.05, 3.63) is 36.1 Å². The fraction of sp³-hybridized carbons (Fsp3) is 0.647. The van der Waals surface area contributed by atoms with E-state index in [9.17, 15) is 0 Å². The molecule has 0 bridgehead atoms. The topological polar surface area (TPSA) is 3.24 Å². The smallest absolute Gasteiger partial charge is 0.0390 e. The van der Waals surface area contributed by atoms with Crippen LogP contribution in [0.3, 0.4) is 0 Å². The first-order chi connectivity index (χ1) is 8.79. The van der Waals surface area contributed by atoms with E-state index in [-0.39, 0.29) is 0 Å². The minimum absolute atomic E-state index is 1.16. The van der Waals surface area contributed by atoms with Gasteiger partial charge in [0.15, 0.2) is 0 Å². The second kappa shape index (κ2) is 18.4. The van der Waals surface area contributed by atoms with Crippen LogP contribution in [0.25, 0.3) is 0 Å². The van der Waals surface area contributed by atoms with Gasteiger partial charge in [0.2, 0.25) is 0 Å². The van der Waals surface area contributed by atoms with Crippen molar-refractivity contribution in [1.82, 2.24) is 4.90 Å². The summed E-state index contributed by atoms with van der Waals surface area (Å²) in [5, 5.41) is 0. The molecule has 1 rings (SSSR count). The molecule has 108 valence electrons. The third-order valence-corrected chi connectivity index (χ3v) is 2.24. The van der Waals surface area contributed by atoms with Crippen molar-refractivity contribution in [2.24, 2.45) is 0 Å². The summed E-state index contributed by atoms with van der Waals surface area (Å²) >= 11 is 0. The summed E-state index contributed by atoms with van der Waals surface area (Å²) in [6.45, 7) is 19.0. The zero-order valence-electron chi connectivity index (χ0n) is 14.0. The Morgan fingerprint density at radius 2 is 1.56 bits per heavy atom. The second-order valence-electron chi connectivity index (χ2n) is 3.14. The van der Waals surface area contributed by atoms with E-state index in [1.165, 1.54) is 24.1 Å². The predicted molar refractivity (Wildman–Crippen MR) is 87.9 cm³/mol. The summed E-state index contributed by atoms with van der Waals surface area (Å²) < 4.78 is 0. The lowest BCUT2D eigenvalue weighted by molar-refractivity contribution is 0.394. The predicted octanol–water partition coefficient (Wildman–Crippen LogP) is 5.81. The molecule has 1 aliphatic rings. The Bertz CT molecular complexity index is 224. The third-order valence-electron chi connectivity index (χ3n) is 2.24. The van der Waals surface area contributed by atoms with Crippen molar-refractivity contribution in [1.29, 1.82) is 0 Å². The van der Waals surface area contributed by atoms with Gasteiger partial charge in [-0.3, -0.25) is 0 Å². The van der Waals surface area contributed by atoms with E-state index in [0.29, 0.717) is 0 Å². The first-order valence-corrected chi connectivity index (χ1v) is 7.49. The van der Waals surface area contributed by atoms with E-state index < -0.39 is 0 Å². The van der Waals surface area contributed by atoms with Crippen molar-refractivity contribution >= 4 is 0 Å². The molecule has 0 saturated heterocycles. The van der Waals surface area contributed by atoms with Gasteiger partial charge in [0.05, 0.1) is 0 Å². The maximum atomic E-state index is 3.83. The molecule has 0 radical (unpaired) electrons. The van der Waals surface area contributed by atoms with Crippen molar-refractivity contribution in [2.45, 2.75) is 61.3 Å². The van der Waals surface area contributed by atoms with Gasteiger partial charge in [-0.05, 0) is 31.4 Å². The van der Waals surface area contributed by atoms with Crippen molar-refractivity contribution in [2.75, 3.05) is 13.6 Å². The monoisotopic (exact) mass is 253 g/mol. The van der Waals surface area contributed by atoms with E-state index in [4.69, 9.17) is 0 Å². The number of hydrogen-bond acceptors (Lipinski definition) is 1. The number of allylic oxidation sites excluding steroid dienone is 4. The molecule has 0 spiro atoms. The molecule has 0 unspecified atom stereocenters. The van der Waals surface area contributed by atoms with Crippen LogP contribution in [0, 0.1) is 0 Å². The fourth-order valence-corrected chi connectivity index (χ4v) is 1.66. The highest BCUT2D eigenvalue weighted by molar-refractivity contribution is 5.32. The van der Waals surface area contributed by atoms with Gasteiger partial charge in [-0.2, -0.15) is 0 Å². The van der Waals surface area contributed by atoms with Gasteiger partial charge in [0.1, 0.15) is 0 Å². The summed E-state index contributed by atoms with van der Waals surface area (Å²) in [5.74, 6) is 0. The van der Waals surface area contributed by atoms with Gasteiger partial charge in [-0.1, -0.05) is 60.3 Å². The van der Waals surface area contributed by atoms with Crippen LogP contribution in [-0.2, 0) is 0 Å². The molecule has 0 aliphatic carbocycles. The number of nitrogens with zero attached hydrogens (tertiary/aromatic N) is 1. The van der Waals surface area contributed by atoms with E-state index >= 15 is 0 Å². The first kappa shape index (κ1) is 22.2. The molecular formula is C17H35N. The summed E-state index contributed by atoms with van der Waals surface area (Å²) in [6.07, 6.45) is 8.68. The third kappa shape index (κ3) is 9.09. The molecule has 0 saturated carbocycles. The van der Waals surface area contributed by atoms with Gasteiger partial charge < -0.3 is 4.90 Å². The summed E-state index contributed by atoms with van der Waals surface area (Å²) in [5.41, 5.74) is 2.71. The van der Waals surface area contributed by atoms with E-state index in [1.54, 1.807) is 0 Å². The molecule has 0 amide bonds. The lowest BCUT2D eigenvalue weighted by atomic mass is 10.0. The molecule has 0 aromatic heterocycles. The largest absolute Gasteiger partial charge is 0.374 e. The van der Waals surface area contributed by atoms with Crippen molar-refractivity contribution in [3.63, 3.8) is 0 Å². The molecule has 0 aromatic rings. The zero-order valence-corrected chi connectivity index (χ0v) is 14.0. The second-order valence-corrected chi connectivity index (χ2v) is 3.14. The molecular weight excluding hydrogens is 218 g/mol. The van der Waals surface area contributed by atoms with Gasteiger partial charge >= 0.3 is 0 Å². The number of rotatable bonds is 2. The highest BCUT2D eigenvalue weighted by Crippen LogP contribution is 2.22. The molecule has 0 fully saturated rings. The average molecular weight is 253 g/mol. The van der Waals surface area contributed by atoms with Crippen LogP contribution < -0.4 is 0 Å². The molecule has 1 heterocycles. The van der Waals surface area contributed by atoms with Gasteiger partial charge in [-0.15, -0.1) is 0 Å². The Morgan fingerprint density at radius 3 is 1.94 bits per heavy atom. The minimum Gasteiger partial charge on any atom is -0.374 e.